The summed E-state index contributed by atoms with van der Waals surface area (Å²) in [7, 11) is 0. The third-order valence-corrected chi connectivity index (χ3v) is 2.53. The van der Waals surface area contributed by atoms with Crippen molar-refractivity contribution in [3.63, 3.8) is 0 Å². The van der Waals surface area contributed by atoms with Gasteiger partial charge in [0.2, 0.25) is 0 Å². The fourth-order valence-electron chi connectivity index (χ4n) is 1.67. The average Bonchev–Trinajstić information content (AvgIpc) is 2.34. The second-order valence-corrected chi connectivity index (χ2v) is 4.09. The van der Waals surface area contributed by atoms with Crippen molar-refractivity contribution in [2.45, 2.75) is 13.3 Å². The summed E-state index contributed by atoms with van der Waals surface area (Å²) in [5.41, 5.74) is 6.81. The summed E-state index contributed by atoms with van der Waals surface area (Å²) in [4.78, 5) is 0. The molecular formula is C14H12F3NO2. The monoisotopic (exact) mass is 283 g/mol. The molecule has 0 heterocycles. The zero-order valence-electron chi connectivity index (χ0n) is 10.6. The van der Waals surface area contributed by atoms with Crippen LogP contribution in [0.15, 0.2) is 42.5 Å². The first-order valence-corrected chi connectivity index (χ1v) is 5.74. The van der Waals surface area contributed by atoms with Crippen molar-refractivity contribution >= 4 is 5.69 Å². The Bertz CT molecular complexity index is 591. The Morgan fingerprint density at radius 1 is 0.950 bits per heavy atom. The lowest BCUT2D eigenvalue weighted by Crippen LogP contribution is -2.17. The highest BCUT2D eigenvalue weighted by Gasteiger charge is 2.32. The highest BCUT2D eigenvalue weighted by Crippen LogP contribution is 2.37. The minimum Gasteiger partial charge on any atom is -0.451 e. The number of nitrogens with two attached hydrogens (primary N) is 1. The third kappa shape index (κ3) is 3.34. The molecule has 0 saturated heterocycles. The molecule has 0 aliphatic heterocycles. The van der Waals surface area contributed by atoms with E-state index in [0.717, 1.165) is 0 Å². The highest BCUT2D eigenvalue weighted by molar-refractivity contribution is 5.58. The van der Waals surface area contributed by atoms with Crippen LogP contribution in [0.5, 0.6) is 17.2 Å². The second-order valence-electron chi connectivity index (χ2n) is 4.09. The molecule has 0 aliphatic carbocycles. The Labute approximate surface area is 113 Å². The van der Waals surface area contributed by atoms with Gasteiger partial charge in [0.05, 0.1) is 5.69 Å². The predicted octanol–water partition coefficient (Wildman–Crippen LogP) is 4.27. The summed E-state index contributed by atoms with van der Waals surface area (Å²) in [5, 5.41) is 0. The zero-order valence-corrected chi connectivity index (χ0v) is 10.6. The summed E-state index contributed by atoms with van der Waals surface area (Å²) in [6.07, 6.45) is -4.78. The van der Waals surface area contributed by atoms with E-state index in [1.54, 1.807) is 31.2 Å². The number of hydrogen-bond acceptors (Lipinski definition) is 3. The van der Waals surface area contributed by atoms with Crippen molar-refractivity contribution in [1.82, 2.24) is 0 Å². The van der Waals surface area contributed by atoms with E-state index in [1.807, 2.05) is 0 Å². The number of benzene rings is 2. The van der Waals surface area contributed by atoms with E-state index in [-0.39, 0.29) is 5.75 Å². The second kappa shape index (κ2) is 5.32. The van der Waals surface area contributed by atoms with Gasteiger partial charge in [-0.1, -0.05) is 24.3 Å². The first-order valence-electron chi connectivity index (χ1n) is 5.74. The van der Waals surface area contributed by atoms with Gasteiger partial charge in [-0.3, -0.25) is 0 Å². The molecule has 0 amide bonds. The van der Waals surface area contributed by atoms with Gasteiger partial charge in [0.1, 0.15) is 0 Å². The maximum atomic E-state index is 12.3. The maximum Gasteiger partial charge on any atom is 0.573 e. The van der Waals surface area contributed by atoms with Gasteiger partial charge in [0.25, 0.3) is 0 Å². The molecule has 3 nitrogen and oxygen atoms in total. The average molecular weight is 283 g/mol. The summed E-state index contributed by atoms with van der Waals surface area (Å²) in [6, 6.07) is 10.6. The topological polar surface area (TPSA) is 44.5 Å². The maximum absolute atomic E-state index is 12.3. The number of alkyl halides is 3. The van der Waals surface area contributed by atoms with Crippen LogP contribution in [0.3, 0.4) is 0 Å². The number of nitrogen functional groups attached to an aromatic ring is 1. The molecule has 0 bridgehead atoms. The van der Waals surface area contributed by atoms with Gasteiger partial charge >= 0.3 is 6.36 Å². The molecule has 0 fully saturated rings. The highest BCUT2D eigenvalue weighted by atomic mass is 19.4. The first kappa shape index (κ1) is 14.0. The van der Waals surface area contributed by atoms with E-state index in [1.165, 1.54) is 18.2 Å². The fraction of sp³-hybridized carbons (Fsp3) is 0.143. The quantitative estimate of drug-likeness (QED) is 0.856. The SMILES string of the molecule is Cc1cccc(N)c1Oc1ccccc1OC(F)(F)F. The van der Waals surface area contributed by atoms with E-state index < -0.39 is 12.1 Å². The van der Waals surface area contributed by atoms with Crippen LogP contribution in [-0.4, -0.2) is 6.36 Å². The summed E-state index contributed by atoms with van der Waals surface area (Å²) in [6.45, 7) is 1.75. The van der Waals surface area contributed by atoms with Crippen molar-refractivity contribution in [2.75, 3.05) is 5.73 Å². The lowest BCUT2D eigenvalue weighted by molar-refractivity contribution is -0.275. The fourth-order valence-corrected chi connectivity index (χ4v) is 1.67. The van der Waals surface area contributed by atoms with Crippen LogP contribution in [0.25, 0.3) is 0 Å². The van der Waals surface area contributed by atoms with Crippen LogP contribution >= 0.6 is 0 Å². The molecule has 2 N–H and O–H groups in total. The molecule has 20 heavy (non-hydrogen) atoms. The smallest absolute Gasteiger partial charge is 0.451 e. The van der Waals surface area contributed by atoms with Gasteiger partial charge in [0.15, 0.2) is 17.2 Å². The van der Waals surface area contributed by atoms with E-state index in [4.69, 9.17) is 10.5 Å². The molecule has 2 aromatic carbocycles. The van der Waals surface area contributed by atoms with Crippen LogP contribution in [0.1, 0.15) is 5.56 Å². The molecule has 0 aliphatic rings. The summed E-state index contributed by atoms with van der Waals surface area (Å²) >= 11 is 0. The largest absolute Gasteiger partial charge is 0.573 e. The van der Waals surface area contributed by atoms with Crippen LogP contribution in [0.2, 0.25) is 0 Å². The molecule has 106 valence electrons. The molecule has 0 saturated carbocycles. The third-order valence-electron chi connectivity index (χ3n) is 2.53. The molecule has 0 atom stereocenters. The van der Waals surface area contributed by atoms with E-state index in [2.05, 4.69) is 4.74 Å². The van der Waals surface area contributed by atoms with E-state index in [0.29, 0.717) is 17.0 Å². The minimum atomic E-state index is -4.78. The van der Waals surface area contributed by atoms with Crippen molar-refractivity contribution in [2.24, 2.45) is 0 Å². The molecule has 0 unspecified atom stereocenters. The Kier molecular flexibility index (Phi) is 3.74. The van der Waals surface area contributed by atoms with Crippen LogP contribution in [0, 0.1) is 6.92 Å². The number of para-hydroxylation sites is 3. The van der Waals surface area contributed by atoms with Gasteiger partial charge in [-0.05, 0) is 30.7 Å². The number of ether oxygens (including phenoxy) is 2. The Morgan fingerprint density at radius 2 is 1.60 bits per heavy atom. The number of hydrogen-bond donors (Lipinski definition) is 1. The Morgan fingerprint density at radius 3 is 2.20 bits per heavy atom. The predicted molar refractivity (Wildman–Crippen MR) is 68.8 cm³/mol. The standard InChI is InChI=1S/C14H12F3NO2/c1-9-5-4-6-10(18)13(9)19-11-7-2-3-8-12(11)20-14(15,16)17/h2-8H,18H2,1H3. The van der Waals surface area contributed by atoms with Crippen LogP contribution in [-0.2, 0) is 0 Å². The lowest BCUT2D eigenvalue weighted by atomic mass is 10.2. The molecule has 0 aromatic heterocycles. The van der Waals surface area contributed by atoms with Gasteiger partial charge in [-0.25, -0.2) is 0 Å². The molecule has 6 heteroatoms. The van der Waals surface area contributed by atoms with Gasteiger partial charge in [0, 0.05) is 0 Å². The Balaban J connectivity index is 2.35. The van der Waals surface area contributed by atoms with Gasteiger partial charge < -0.3 is 15.2 Å². The Hall–Kier alpha value is -2.37. The van der Waals surface area contributed by atoms with Crippen molar-refractivity contribution in [3.05, 3.63) is 48.0 Å². The number of aryl methyl sites for hydroxylation is 1. The summed E-state index contributed by atoms with van der Waals surface area (Å²) < 4.78 is 46.3. The first-order chi connectivity index (χ1) is 9.37. The van der Waals surface area contributed by atoms with Gasteiger partial charge in [-0.15, -0.1) is 13.2 Å². The normalized spacial score (nSPS) is 11.2. The molecule has 2 aromatic rings. The summed E-state index contributed by atoms with van der Waals surface area (Å²) in [5.74, 6) is -0.154. The molecule has 0 radical (unpaired) electrons. The van der Waals surface area contributed by atoms with Crippen molar-refractivity contribution < 1.29 is 22.6 Å². The van der Waals surface area contributed by atoms with Gasteiger partial charge in [-0.2, -0.15) is 0 Å². The zero-order chi connectivity index (χ0) is 14.8. The van der Waals surface area contributed by atoms with Crippen LogP contribution < -0.4 is 15.2 Å². The molecule has 2 rings (SSSR count). The molecule has 0 spiro atoms. The lowest BCUT2D eigenvalue weighted by Gasteiger charge is -2.15. The van der Waals surface area contributed by atoms with Crippen molar-refractivity contribution in [3.8, 4) is 17.2 Å². The van der Waals surface area contributed by atoms with Crippen molar-refractivity contribution in [1.29, 1.82) is 0 Å². The molecular weight excluding hydrogens is 271 g/mol. The van der Waals surface area contributed by atoms with Crippen LogP contribution in [0.4, 0.5) is 18.9 Å². The van der Waals surface area contributed by atoms with E-state index in [9.17, 15) is 13.2 Å². The minimum absolute atomic E-state index is 0.0502. The van der Waals surface area contributed by atoms with E-state index >= 15 is 0 Å². The number of anilines is 1. The number of halogens is 3. The number of rotatable bonds is 3.